The van der Waals surface area contributed by atoms with Crippen molar-refractivity contribution in [2.24, 2.45) is 0 Å². The largest absolute Gasteiger partial charge is 0.454 e. The molecule has 0 saturated heterocycles. The molecule has 1 aliphatic heterocycles. The maximum Gasteiger partial charge on any atom is 0.257 e. The van der Waals surface area contributed by atoms with Crippen molar-refractivity contribution in [1.82, 2.24) is 4.98 Å². The molecule has 126 valence electrons. The number of anilines is 2. The Morgan fingerprint density at radius 2 is 2.12 bits per heavy atom. The van der Waals surface area contributed by atoms with Crippen LogP contribution in [0.25, 0.3) is 0 Å². The van der Waals surface area contributed by atoms with E-state index in [2.05, 4.69) is 15.6 Å². The standard InChI is InChI=1S/C17H19N3O4/c1-22-8-2-7-18-16-6-3-12(10-19-16)17(21)20-13-4-5-14-15(9-13)24-11-23-14/h3-6,9-10H,2,7-8,11H2,1H3,(H,18,19)(H,20,21). The summed E-state index contributed by atoms with van der Waals surface area (Å²) in [6, 6.07) is 8.78. The molecule has 0 spiro atoms. The number of nitrogens with one attached hydrogen (secondary N) is 2. The molecule has 2 aromatic rings. The molecule has 0 fully saturated rings. The Balaban J connectivity index is 1.57. The second kappa shape index (κ2) is 7.65. The fraction of sp³-hybridized carbons (Fsp3) is 0.294. The van der Waals surface area contributed by atoms with Crippen LogP contribution in [0, 0.1) is 0 Å². The van der Waals surface area contributed by atoms with Crippen LogP contribution in [-0.4, -0.2) is 37.9 Å². The lowest BCUT2D eigenvalue weighted by Crippen LogP contribution is -2.13. The quantitative estimate of drug-likeness (QED) is 0.760. The summed E-state index contributed by atoms with van der Waals surface area (Å²) in [4.78, 5) is 16.5. The molecule has 0 saturated carbocycles. The highest BCUT2D eigenvalue weighted by molar-refractivity contribution is 6.04. The molecular weight excluding hydrogens is 310 g/mol. The molecule has 1 aromatic heterocycles. The third kappa shape index (κ3) is 3.94. The first-order valence-electron chi connectivity index (χ1n) is 7.66. The van der Waals surface area contributed by atoms with Crippen LogP contribution in [0.4, 0.5) is 11.5 Å². The van der Waals surface area contributed by atoms with Crippen LogP contribution in [0.5, 0.6) is 11.5 Å². The molecule has 7 heteroatoms. The fourth-order valence-electron chi connectivity index (χ4n) is 2.24. The molecule has 24 heavy (non-hydrogen) atoms. The van der Waals surface area contributed by atoms with Crippen molar-refractivity contribution in [2.45, 2.75) is 6.42 Å². The van der Waals surface area contributed by atoms with Crippen LogP contribution < -0.4 is 20.1 Å². The van der Waals surface area contributed by atoms with Crippen molar-refractivity contribution in [3.05, 3.63) is 42.1 Å². The first-order valence-corrected chi connectivity index (χ1v) is 7.66. The predicted octanol–water partition coefficient (Wildman–Crippen LogP) is 2.51. The summed E-state index contributed by atoms with van der Waals surface area (Å²) in [7, 11) is 1.67. The van der Waals surface area contributed by atoms with Crippen molar-refractivity contribution >= 4 is 17.4 Å². The number of benzene rings is 1. The summed E-state index contributed by atoms with van der Waals surface area (Å²) in [5.74, 6) is 1.80. The number of ether oxygens (including phenoxy) is 3. The van der Waals surface area contributed by atoms with Crippen LogP contribution in [0.3, 0.4) is 0 Å². The smallest absolute Gasteiger partial charge is 0.257 e. The first kappa shape index (κ1) is 16.1. The van der Waals surface area contributed by atoms with Gasteiger partial charge in [0.05, 0.1) is 5.56 Å². The summed E-state index contributed by atoms with van der Waals surface area (Å²) in [5.41, 5.74) is 1.13. The Morgan fingerprint density at radius 1 is 1.25 bits per heavy atom. The number of hydrogen-bond donors (Lipinski definition) is 2. The van der Waals surface area contributed by atoms with Crippen molar-refractivity contribution in [2.75, 3.05) is 37.7 Å². The summed E-state index contributed by atoms with van der Waals surface area (Å²) < 4.78 is 15.5. The van der Waals surface area contributed by atoms with Crippen LogP contribution in [-0.2, 0) is 4.74 Å². The summed E-state index contributed by atoms with van der Waals surface area (Å²) >= 11 is 0. The highest BCUT2D eigenvalue weighted by atomic mass is 16.7. The van der Waals surface area contributed by atoms with Gasteiger partial charge in [0.25, 0.3) is 5.91 Å². The van der Waals surface area contributed by atoms with E-state index in [-0.39, 0.29) is 12.7 Å². The molecule has 0 radical (unpaired) electrons. The minimum Gasteiger partial charge on any atom is -0.454 e. The van der Waals surface area contributed by atoms with Crippen molar-refractivity contribution < 1.29 is 19.0 Å². The van der Waals surface area contributed by atoms with Gasteiger partial charge >= 0.3 is 0 Å². The van der Waals surface area contributed by atoms with E-state index in [1.54, 1.807) is 43.6 Å². The fourth-order valence-corrected chi connectivity index (χ4v) is 2.24. The summed E-state index contributed by atoms with van der Waals surface area (Å²) in [6.07, 6.45) is 2.44. The average Bonchev–Trinajstić information content (AvgIpc) is 3.07. The van der Waals surface area contributed by atoms with Gasteiger partial charge in [0.15, 0.2) is 11.5 Å². The van der Waals surface area contributed by atoms with E-state index in [1.165, 1.54) is 0 Å². The van der Waals surface area contributed by atoms with E-state index in [9.17, 15) is 4.79 Å². The first-order chi connectivity index (χ1) is 11.8. The third-order valence-corrected chi connectivity index (χ3v) is 3.49. The summed E-state index contributed by atoms with van der Waals surface area (Å²) in [5, 5.41) is 5.99. The van der Waals surface area contributed by atoms with Gasteiger partial charge in [-0.15, -0.1) is 0 Å². The minimum absolute atomic E-state index is 0.204. The number of aromatic nitrogens is 1. The average molecular weight is 329 g/mol. The number of pyridine rings is 1. The number of fused-ring (bicyclic) bond motifs is 1. The Bertz CT molecular complexity index is 703. The van der Waals surface area contributed by atoms with Gasteiger partial charge in [0, 0.05) is 38.2 Å². The van der Waals surface area contributed by atoms with E-state index in [0.717, 1.165) is 18.8 Å². The Kier molecular flexibility index (Phi) is 5.12. The van der Waals surface area contributed by atoms with Crippen molar-refractivity contribution in [3.8, 4) is 11.5 Å². The van der Waals surface area contributed by atoms with Crippen LogP contribution in [0.15, 0.2) is 36.5 Å². The number of hydrogen-bond acceptors (Lipinski definition) is 6. The molecule has 0 bridgehead atoms. The number of methoxy groups -OCH3 is 1. The van der Waals surface area contributed by atoms with Gasteiger partial charge in [0.2, 0.25) is 6.79 Å². The van der Waals surface area contributed by atoms with Gasteiger partial charge in [-0.25, -0.2) is 4.98 Å². The molecule has 0 unspecified atom stereocenters. The zero-order valence-electron chi connectivity index (χ0n) is 13.4. The molecular formula is C17H19N3O4. The van der Waals surface area contributed by atoms with E-state index in [1.807, 2.05) is 0 Å². The normalized spacial score (nSPS) is 12.0. The van der Waals surface area contributed by atoms with Crippen molar-refractivity contribution in [1.29, 1.82) is 0 Å². The summed E-state index contributed by atoms with van der Waals surface area (Å²) in [6.45, 7) is 1.67. The van der Waals surface area contributed by atoms with E-state index in [4.69, 9.17) is 14.2 Å². The molecule has 7 nitrogen and oxygen atoms in total. The number of carbonyl (C=O) groups is 1. The number of amides is 1. The SMILES string of the molecule is COCCCNc1ccc(C(=O)Nc2ccc3c(c2)OCO3)cn1. The molecule has 0 aliphatic carbocycles. The van der Waals surface area contributed by atoms with E-state index in [0.29, 0.717) is 29.4 Å². The number of carbonyl (C=O) groups excluding carboxylic acids is 1. The van der Waals surface area contributed by atoms with Gasteiger partial charge in [-0.05, 0) is 30.7 Å². The highest BCUT2D eigenvalue weighted by Gasteiger charge is 2.14. The van der Waals surface area contributed by atoms with Gasteiger partial charge in [0.1, 0.15) is 5.82 Å². The maximum absolute atomic E-state index is 12.3. The lowest BCUT2D eigenvalue weighted by atomic mass is 10.2. The maximum atomic E-state index is 12.3. The molecule has 1 aromatic carbocycles. The monoisotopic (exact) mass is 329 g/mol. The van der Waals surface area contributed by atoms with Crippen LogP contribution in [0.1, 0.15) is 16.8 Å². The van der Waals surface area contributed by atoms with E-state index < -0.39 is 0 Å². The van der Waals surface area contributed by atoms with Gasteiger partial charge in [-0.3, -0.25) is 4.79 Å². The second-order valence-corrected chi connectivity index (χ2v) is 5.23. The van der Waals surface area contributed by atoms with Crippen LogP contribution >= 0.6 is 0 Å². The Labute approximate surface area is 139 Å². The van der Waals surface area contributed by atoms with Crippen molar-refractivity contribution in [3.63, 3.8) is 0 Å². The molecule has 1 amide bonds. The van der Waals surface area contributed by atoms with E-state index >= 15 is 0 Å². The zero-order valence-corrected chi connectivity index (χ0v) is 13.4. The number of rotatable bonds is 7. The lowest BCUT2D eigenvalue weighted by molar-refractivity contribution is 0.102. The molecule has 0 atom stereocenters. The number of nitrogens with zero attached hydrogens (tertiary/aromatic N) is 1. The molecule has 1 aliphatic rings. The topological polar surface area (TPSA) is 81.7 Å². The zero-order chi connectivity index (χ0) is 16.8. The van der Waals surface area contributed by atoms with Crippen LogP contribution in [0.2, 0.25) is 0 Å². The predicted molar refractivity (Wildman–Crippen MR) is 89.7 cm³/mol. The minimum atomic E-state index is -0.229. The Hall–Kier alpha value is -2.80. The van der Waals surface area contributed by atoms with Gasteiger partial charge in [-0.1, -0.05) is 0 Å². The Morgan fingerprint density at radius 3 is 2.92 bits per heavy atom. The third-order valence-electron chi connectivity index (χ3n) is 3.49. The van der Waals surface area contributed by atoms with Gasteiger partial charge < -0.3 is 24.8 Å². The molecule has 2 heterocycles. The molecule has 2 N–H and O–H groups in total. The molecule has 3 rings (SSSR count). The van der Waals surface area contributed by atoms with Gasteiger partial charge in [-0.2, -0.15) is 0 Å². The highest BCUT2D eigenvalue weighted by Crippen LogP contribution is 2.34. The second-order valence-electron chi connectivity index (χ2n) is 5.23. The lowest BCUT2D eigenvalue weighted by Gasteiger charge is -2.08.